The summed E-state index contributed by atoms with van der Waals surface area (Å²) in [4.78, 5) is 0. The van der Waals surface area contributed by atoms with Crippen molar-refractivity contribution in [3.63, 3.8) is 0 Å². The molecule has 0 aromatic carbocycles. The van der Waals surface area contributed by atoms with Gasteiger partial charge >= 0.3 is 0 Å². The second kappa shape index (κ2) is 5.72. The van der Waals surface area contributed by atoms with Crippen molar-refractivity contribution in [3.8, 4) is 0 Å². The van der Waals surface area contributed by atoms with Crippen molar-refractivity contribution in [2.24, 2.45) is 17.8 Å². The molecule has 1 rings (SSSR count). The van der Waals surface area contributed by atoms with Gasteiger partial charge in [0, 0.05) is 0 Å². The van der Waals surface area contributed by atoms with Gasteiger partial charge in [0.15, 0.2) is 0 Å². The molecule has 0 amide bonds. The van der Waals surface area contributed by atoms with Gasteiger partial charge in [0.25, 0.3) is 0 Å². The lowest BCUT2D eigenvalue weighted by Crippen LogP contribution is -2.34. The van der Waals surface area contributed by atoms with Gasteiger partial charge in [0.1, 0.15) is 0 Å². The predicted octanol–water partition coefficient (Wildman–Crippen LogP) is 2.46. The number of aliphatic hydroxyl groups is 1. The first-order chi connectivity index (χ1) is 6.65. The van der Waals surface area contributed by atoms with Gasteiger partial charge in [-0.25, -0.2) is 0 Å². The molecule has 0 aromatic heterocycles. The van der Waals surface area contributed by atoms with Crippen molar-refractivity contribution in [2.75, 3.05) is 13.2 Å². The van der Waals surface area contributed by atoms with E-state index in [9.17, 15) is 0 Å². The van der Waals surface area contributed by atoms with Crippen LogP contribution in [0.1, 0.15) is 40.0 Å². The fourth-order valence-electron chi connectivity index (χ4n) is 2.51. The van der Waals surface area contributed by atoms with Crippen LogP contribution in [0.15, 0.2) is 0 Å². The van der Waals surface area contributed by atoms with Crippen molar-refractivity contribution in [1.82, 2.24) is 0 Å². The van der Waals surface area contributed by atoms with Crippen molar-refractivity contribution >= 4 is 0 Å². The molecule has 0 spiro atoms. The number of ether oxygens (including phenoxy) is 1. The van der Waals surface area contributed by atoms with Crippen LogP contribution >= 0.6 is 0 Å². The Morgan fingerprint density at radius 2 is 2.07 bits per heavy atom. The Labute approximate surface area is 87.7 Å². The summed E-state index contributed by atoms with van der Waals surface area (Å²) in [6, 6.07) is 0. The molecule has 2 heteroatoms. The smallest absolute Gasteiger partial charge is 0.0701 e. The van der Waals surface area contributed by atoms with E-state index in [1.807, 2.05) is 0 Å². The monoisotopic (exact) mass is 200 g/mol. The summed E-state index contributed by atoms with van der Waals surface area (Å²) in [7, 11) is 0. The molecule has 0 saturated heterocycles. The quantitative estimate of drug-likeness (QED) is 0.755. The minimum Gasteiger partial charge on any atom is -0.394 e. The third kappa shape index (κ3) is 3.25. The second-order valence-corrected chi connectivity index (χ2v) is 4.96. The Morgan fingerprint density at radius 3 is 2.64 bits per heavy atom. The van der Waals surface area contributed by atoms with Crippen LogP contribution in [0.25, 0.3) is 0 Å². The van der Waals surface area contributed by atoms with Gasteiger partial charge in [-0.1, -0.05) is 27.2 Å². The van der Waals surface area contributed by atoms with Crippen molar-refractivity contribution in [1.29, 1.82) is 0 Å². The SMILES string of the molecule is CC1CCC(C(C)C)C(OCCO)C1. The number of rotatable bonds is 4. The third-order valence-corrected chi connectivity index (χ3v) is 3.38. The van der Waals surface area contributed by atoms with Gasteiger partial charge in [0.05, 0.1) is 19.3 Å². The molecule has 84 valence electrons. The van der Waals surface area contributed by atoms with Crippen molar-refractivity contribution in [2.45, 2.75) is 46.1 Å². The molecule has 0 aliphatic heterocycles. The highest BCUT2D eigenvalue weighted by molar-refractivity contribution is 4.81. The lowest BCUT2D eigenvalue weighted by molar-refractivity contribution is -0.0489. The van der Waals surface area contributed by atoms with Gasteiger partial charge in [-0.3, -0.25) is 0 Å². The average Bonchev–Trinajstić information content (AvgIpc) is 2.14. The van der Waals surface area contributed by atoms with Crippen LogP contribution in [0, 0.1) is 17.8 Å². The number of hydrogen-bond acceptors (Lipinski definition) is 2. The van der Waals surface area contributed by atoms with E-state index in [-0.39, 0.29) is 6.61 Å². The summed E-state index contributed by atoms with van der Waals surface area (Å²) < 4.78 is 5.73. The number of hydrogen-bond donors (Lipinski definition) is 1. The standard InChI is InChI=1S/C12H24O2/c1-9(2)11-5-4-10(3)8-12(11)14-7-6-13/h9-13H,4-8H2,1-3H3. The maximum Gasteiger partial charge on any atom is 0.0701 e. The highest BCUT2D eigenvalue weighted by Gasteiger charge is 2.30. The Hall–Kier alpha value is -0.0800. The normalized spacial score (nSPS) is 33.6. The van der Waals surface area contributed by atoms with Crippen molar-refractivity contribution < 1.29 is 9.84 Å². The largest absolute Gasteiger partial charge is 0.394 e. The minimum absolute atomic E-state index is 0.149. The first kappa shape index (κ1) is 12.0. The van der Waals surface area contributed by atoms with Crippen LogP contribution in [0.3, 0.4) is 0 Å². The summed E-state index contributed by atoms with van der Waals surface area (Å²) in [5.74, 6) is 2.18. The Morgan fingerprint density at radius 1 is 1.36 bits per heavy atom. The van der Waals surface area contributed by atoms with Gasteiger partial charge in [-0.05, 0) is 30.6 Å². The van der Waals surface area contributed by atoms with E-state index in [1.165, 1.54) is 19.3 Å². The Kier molecular flexibility index (Phi) is 4.90. The van der Waals surface area contributed by atoms with E-state index < -0.39 is 0 Å². The maximum atomic E-state index is 8.76. The second-order valence-electron chi connectivity index (χ2n) is 4.96. The molecule has 3 atom stereocenters. The molecule has 3 unspecified atom stereocenters. The zero-order valence-corrected chi connectivity index (χ0v) is 9.70. The molecule has 0 aromatic rings. The summed E-state index contributed by atoms with van der Waals surface area (Å²) in [6.45, 7) is 7.49. The zero-order chi connectivity index (χ0) is 10.6. The molecule has 14 heavy (non-hydrogen) atoms. The lowest BCUT2D eigenvalue weighted by atomic mass is 9.75. The molecule has 0 radical (unpaired) electrons. The molecule has 2 nitrogen and oxygen atoms in total. The van der Waals surface area contributed by atoms with E-state index in [1.54, 1.807) is 0 Å². The molecule has 1 saturated carbocycles. The highest BCUT2D eigenvalue weighted by atomic mass is 16.5. The third-order valence-electron chi connectivity index (χ3n) is 3.38. The molecule has 0 heterocycles. The Bertz CT molecular complexity index is 156. The topological polar surface area (TPSA) is 29.5 Å². The molecule has 1 N–H and O–H groups in total. The molecule has 1 fully saturated rings. The summed E-state index contributed by atoms with van der Waals surface area (Å²) in [5, 5.41) is 8.76. The van der Waals surface area contributed by atoms with Crippen LogP contribution in [-0.2, 0) is 4.74 Å². The first-order valence-electron chi connectivity index (χ1n) is 5.87. The summed E-state index contributed by atoms with van der Waals surface area (Å²) >= 11 is 0. The summed E-state index contributed by atoms with van der Waals surface area (Å²) in [6.07, 6.45) is 4.17. The fraction of sp³-hybridized carbons (Fsp3) is 1.00. The van der Waals surface area contributed by atoms with Crippen LogP contribution in [0.2, 0.25) is 0 Å². The van der Waals surface area contributed by atoms with E-state index >= 15 is 0 Å². The lowest BCUT2D eigenvalue weighted by Gasteiger charge is -2.37. The number of aliphatic hydroxyl groups excluding tert-OH is 1. The molecular formula is C12H24O2. The maximum absolute atomic E-state index is 8.76. The molecular weight excluding hydrogens is 176 g/mol. The molecule has 1 aliphatic rings. The van der Waals surface area contributed by atoms with E-state index in [0.29, 0.717) is 24.5 Å². The predicted molar refractivity (Wildman–Crippen MR) is 58.2 cm³/mol. The minimum atomic E-state index is 0.149. The van der Waals surface area contributed by atoms with Crippen LogP contribution in [0.5, 0.6) is 0 Å². The molecule has 1 aliphatic carbocycles. The fourth-order valence-corrected chi connectivity index (χ4v) is 2.51. The Balaban J connectivity index is 2.45. The van der Waals surface area contributed by atoms with Gasteiger partial charge in [0.2, 0.25) is 0 Å². The van der Waals surface area contributed by atoms with E-state index in [4.69, 9.17) is 9.84 Å². The van der Waals surface area contributed by atoms with Crippen molar-refractivity contribution in [3.05, 3.63) is 0 Å². The van der Waals surface area contributed by atoms with Crippen LogP contribution in [-0.4, -0.2) is 24.4 Å². The van der Waals surface area contributed by atoms with E-state index in [2.05, 4.69) is 20.8 Å². The average molecular weight is 200 g/mol. The molecule has 0 bridgehead atoms. The highest BCUT2D eigenvalue weighted by Crippen LogP contribution is 2.35. The van der Waals surface area contributed by atoms with Gasteiger partial charge < -0.3 is 9.84 Å². The first-order valence-corrected chi connectivity index (χ1v) is 5.87. The zero-order valence-electron chi connectivity index (χ0n) is 9.70. The van der Waals surface area contributed by atoms with Gasteiger partial charge in [-0.15, -0.1) is 0 Å². The van der Waals surface area contributed by atoms with E-state index in [0.717, 1.165) is 5.92 Å². The summed E-state index contributed by atoms with van der Waals surface area (Å²) in [5.41, 5.74) is 0. The van der Waals surface area contributed by atoms with Crippen LogP contribution < -0.4 is 0 Å². The van der Waals surface area contributed by atoms with Gasteiger partial charge in [-0.2, -0.15) is 0 Å². The van der Waals surface area contributed by atoms with Crippen LogP contribution in [0.4, 0.5) is 0 Å².